The summed E-state index contributed by atoms with van der Waals surface area (Å²) in [7, 11) is -3.84. The quantitative estimate of drug-likeness (QED) is 0.236. The van der Waals surface area contributed by atoms with E-state index in [-0.39, 0.29) is 10.8 Å². The van der Waals surface area contributed by atoms with Crippen molar-refractivity contribution >= 4 is 38.5 Å². The van der Waals surface area contributed by atoms with E-state index in [1.807, 2.05) is 48.5 Å². The summed E-state index contributed by atoms with van der Waals surface area (Å²) in [6.45, 7) is 1.54. The fourth-order valence-corrected chi connectivity index (χ4v) is 5.20. The van der Waals surface area contributed by atoms with Gasteiger partial charge in [-0.15, -0.1) is 0 Å². The molecule has 1 saturated heterocycles. The average molecular weight is 590 g/mol. The Morgan fingerprint density at radius 1 is 0.976 bits per heavy atom. The van der Waals surface area contributed by atoms with Gasteiger partial charge in [0.15, 0.2) is 0 Å². The monoisotopic (exact) mass is 589 g/mol. The molecule has 41 heavy (non-hydrogen) atoms. The van der Waals surface area contributed by atoms with Crippen LogP contribution < -0.4 is 15.8 Å². The zero-order valence-electron chi connectivity index (χ0n) is 21.4. The number of carboxylic acid groups (broad SMARTS) is 1. The van der Waals surface area contributed by atoms with Crippen LogP contribution >= 0.6 is 0 Å². The molecule has 0 atom stereocenters. The minimum Gasteiger partial charge on any atom is -0.475 e. The number of aromatic amines is 1. The molecule has 0 saturated carbocycles. The van der Waals surface area contributed by atoms with Crippen molar-refractivity contribution in [2.24, 2.45) is 5.14 Å². The lowest BCUT2D eigenvalue weighted by molar-refractivity contribution is -0.192. The summed E-state index contributed by atoms with van der Waals surface area (Å²) in [5.74, 6) is -2.80. The second-order valence-electron chi connectivity index (χ2n) is 9.36. The average Bonchev–Trinajstić information content (AvgIpc) is 3.37. The van der Waals surface area contributed by atoms with Gasteiger partial charge in [0, 0.05) is 16.6 Å². The summed E-state index contributed by atoms with van der Waals surface area (Å²) in [5, 5.41) is 27.0. The van der Waals surface area contributed by atoms with Crippen molar-refractivity contribution in [3.05, 3.63) is 78.4 Å². The summed E-state index contributed by atoms with van der Waals surface area (Å²) in [5.41, 5.74) is 3.02. The van der Waals surface area contributed by atoms with Crippen LogP contribution in [-0.2, 0) is 25.0 Å². The number of aromatic nitrogens is 2. The Hall–Kier alpha value is -4.27. The summed E-state index contributed by atoms with van der Waals surface area (Å²) in [6, 6.07) is 21.8. The van der Waals surface area contributed by atoms with Gasteiger partial charge in [-0.05, 0) is 61.8 Å². The number of nitrogens with two attached hydrogens (primary N) is 1. The molecule has 0 bridgehead atoms. The number of carbonyl (C=O) groups excluding carboxylic acids is 1. The number of anilines is 1. The Morgan fingerprint density at radius 2 is 1.63 bits per heavy atom. The van der Waals surface area contributed by atoms with Crippen molar-refractivity contribution in [3.8, 4) is 11.3 Å². The lowest BCUT2D eigenvalue weighted by Crippen LogP contribution is -2.48. The Bertz CT molecular complexity index is 1670. The molecule has 1 aliphatic rings. The number of primary sulfonamides is 1. The van der Waals surface area contributed by atoms with Crippen LogP contribution in [0.5, 0.6) is 0 Å². The van der Waals surface area contributed by atoms with Crippen molar-refractivity contribution in [2.45, 2.75) is 29.3 Å². The van der Waals surface area contributed by atoms with Crippen molar-refractivity contribution in [1.82, 2.24) is 15.5 Å². The van der Waals surface area contributed by atoms with Gasteiger partial charge in [-0.1, -0.05) is 42.5 Å². The third kappa shape index (κ3) is 6.73. The van der Waals surface area contributed by atoms with Crippen LogP contribution in [-0.4, -0.2) is 54.9 Å². The number of alkyl halides is 3. The van der Waals surface area contributed by atoms with Crippen molar-refractivity contribution in [2.75, 3.05) is 18.4 Å². The number of rotatable bonds is 5. The molecule has 4 aromatic rings. The molecule has 5 rings (SSSR count). The van der Waals surface area contributed by atoms with Gasteiger partial charge in [-0.25, -0.2) is 18.4 Å². The van der Waals surface area contributed by atoms with Crippen LogP contribution in [0.25, 0.3) is 22.2 Å². The molecule has 1 fully saturated rings. The van der Waals surface area contributed by atoms with Crippen LogP contribution in [0.3, 0.4) is 0 Å². The molecular weight excluding hydrogens is 563 g/mol. The topological polar surface area (TPSA) is 167 Å². The lowest BCUT2D eigenvalue weighted by atomic mass is 9.72. The predicted octanol–water partition coefficient (Wildman–Crippen LogP) is 3.77. The molecule has 6 N–H and O–H groups in total. The van der Waals surface area contributed by atoms with Gasteiger partial charge >= 0.3 is 12.1 Å². The van der Waals surface area contributed by atoms with E-state index >= 15 is 0 Å². The highest BCUT2D eigenvalue weighted by atomic mass is 32.2. The van der Waals surface area contributed by atoms with Gasteiger partial charge in [0.05, 0.1) is 15.8 Å². The number of carboxylic acids is 1. The standard InChI is InChI=1S/C25H25N5O3S.C2HF3O2/c26-34(32,33)20-8-4-5-17(15-20)23-21-16-19(9-10-22(21)29-30-23)28-24(31)25(11-13-27-14-12-25)18-6-2-1-3-7-18;3-2(4,5)1(6)7/h1-10,15-16,27H,11-14H2,(H,28,31)(H,29,30)(H2,26,32,33);(H,6,7). The number of hydrogen-bond donors (Lipinski definition) is 5. The summed E-state index contributed by atoms with van der Waals surface area (Å²) >= 11 is 0. The number of aliphatic carboxylic acids is 1. The fraction of sp³-hybridized carbons (Fsp3) is 0.222. The van der Waals surface area contributed by atoms with E-state index in [0.29, 0.717) is 29.8 Å². The number of sulfonamides is 1. The van der Waals surface area contributed by atoms with Gasteiger partial charge in [0.2, 0.25) is 15.9 Å². The minimum absolute atomic E-state index is 0.0151. The van der Waals surface area contributed by atoms with Crippen LogP contribution in [0, 0.1) is 0 Å². The number of benzene rings is 3. The molecule has 1 aliphatic heterocycles. The SMILES string of the molecule is NS(=O)(=O)c1cccc(-c2n[nH]c3ccc(NC(=O)C4(c5ccccc5)CCNCC4)cc23)c1.O=C(O)C(F)(F)F. The summed E-state index contributed by atoms with van der Waals surface area (Å²) in [4.78, 5) is 22.5. The van der Waals surface area contributed by atoms with Gasteiger partial charge in [-0.3, -0.25) is 9.89 Å². The second kappa shape index (κ2) is 11.7. The van der Waals surface area contributed by atoms with E-state index in [1.165, 1.54) is 12.1 Å². The zero-order chi connectivity index (χ0) is 29.8. The molecular formula is C27H26F3N5O5S. The maximum atomic E-state index is 13.6. The van der Waals surface area contributed by atoms with E-state index in [2.05, 4.69) is 20.8 Å². The number of fused-ring (bicyclic) bond motifs is 1. The number of piperidine rings is 1. The first kappa shape index (κ1) is 29.7. The number of nitrogens with one attached hydrogen (secondary N) is 3. The van der Waals surface area contributed by atoms with E-state index in [1.54, 1.807) is 12.1 Å². The Morgan fingerprint density at radius 3 is 2.24 bits per heavy atom. The Kier molecular flexibility index (Phi) is 8.47. The van der Waals surface area contributed by atoms with Gasteiger partial charge in [0.1, 0.15) is 5.69 Å². The highest BCUT2D eigenvalue weighted by Crippen LogP contribution is 2.36. The van der Waals surface area contributed by atoms with Crippen LogP contribution in [0.4, 0.5) is 18.9 Å². The number of nitrogens with zero attached hydrogens (tertiary/aromatic N) is 1. The molecule has 0 radical (unpaired) electrons. The third-order valence-corrected chi connectivity index (χ3v) is 7.63. The predicted molar refractivity (Wildman–Crippen MR) is 145 cm³/mol. The fourth-order valence-electron chi connectivity index (χ4n) is 4.64. The maximum absolute atomic E-state index is 13.6. The largest absolute Gasteiger partial charge is 0.490 e. The van der Waals surface area contributed by atoms with E-state index in [9.17, 15) is 26.4 Å². The maximum Gasteiger partial charge on any atom is 0.490 e. The first-order valence-electron chi connectivity index (χ1n) is 12.3. The van der Waals surface area contributed by atoms with Crippen molar-refractivity contribution < 1.29 is 36.3 Å². The molecule has 0 aliphatic carbocycles. The molecule has 0 spiro atoms. The summed E-state index contributed by atoms with van der Waals surface area (Å²) < 4.78 is 55.3. The molecule has 0 unspecified atom stereocenters. The van der Waals surface area contributed by atoms with E-state index in [0.717, 1.165) is 29.6 Å². The molecule has 10 nitrogen and oxygen atoms in total. The highest BCUT2D eigenvalue weighted by molar-refractivity contribution is 7.89. The van der Waals surface area contributed by atoms with Gasteiger partial charge in [0.25, 0.3) is 0 Å². The van der Waals surface area contributed by atoms with Crippen LogP contribution in [0.2, 0.25) is 0 Å². The van der Waals surface area contributed by atoms with Gasteiger partial charge in [-0.2, -0.15) is 18.3 Å². The molecule has 2 heterocycles. The molecule has 3 aromatic carbocycles. The van der Waals surface area contributed by atoms with E-state index in [4.69, 9.17) is 15.0 Å². The van der Waals surface area contributed by atoms with Crippen LogP contribution in [0.15, 0.2) is 77.7 Å². The number of halogens is 3. The number of H-pyrrole nitrogens is 1. The van der Waals surface area contributed by atoms with Gasteiger partial charge < -0.3 is 15.7 Å². The molecule has 216 valence electrons. The lowest BCUT2D eigenvalue weighted by Gasteiger charge is -2.36. The number of amides is 1. The first-order valence-corrected chi connectivity index (χ1v) is 13.8. The second-order valence-corrected chi connectivity index (χ2v) is 10.9. The Labute approximate surface area is 232 Å². The Balaban J connectivity index is 0.000000493. The van der Waals surface area contributed by atoms with E-state index < -0.39 is 27.6 Å². The van der Waals surface area contributed by atoms with Crippen molar-refractivity contribution in [1.29, 1.82) is 0 Å². The molecule has 14 heteroatoms. The zero-order valence-corrected chi connectivity index (χ0v) is 22.2. The molecule has 1 amide bonds. The number of carbonyl (C=O) groups is 2. The summed E-state index contributed by atoms with van der Waals surface area (Å²) in [6.07, 6.45) is -3.66. The first-order chi connectivity index (χ1) is 19.3. The normalized spacial score (nSPS) is 15.0. The minimum atomic E-state index is -5.08. The third-order valence-electron chi connectivity index (χ3n) is 6.72. The molecule has 1 aromatic heterocycles. The number of hydrogen-bond acceptors (Lipinski definition) is 6. The van der Waals surface area contributed by atoms with Crippen LogP contribution in [0.1, 0.15) is 18.4 Å². The highest BCUT2D eigenvalue weighted by Gasteiger charge is 2.41. The smallest absolute Gasteiger partial charge is 0.475 e. The van der Waals surface area contributed by atoms with Crippen molar-refractivity contribution in [3.63, 3.8) is 0 Å².